The highest BCUT2D eigenvalue weighted by atomic mass is 16.7. The van der Waals surface area contributed by atoms with E-state index in [0.29, 0.717) is 6.42 Å². The Morgan fingerprint density at radius 3 is 2.67 bits per heavy atom. The first kappa shape index (κ1) is 9.91. The number of carboxylic acids is 1. The van der Waals surface area contributed by atoms with Crippen LogP contribution in [0.25, 0.3) is 0 Å². The van der Waals surface area contributed by atoms with Gasteiger partial charge in [-0.2, -0.15) is 0 Å². The molecule has 0 aromatic carbocycles. The summed E-state index contributed by atoms with van der Waals surface area (Å²) in [5.74, 6) is -2.88. The Kier molecular flexibility index (Phi) is 2.31. The molecule has 1 saturated carbocycles. The lowest BCUT2D eigenvalue weighted by Crippen LogP contribution is -2.42. The fourth-order valence-corrected chi connectivity index (χ4v) is 1.49. The smallest absolute Gasteiger partial charge is 0.307 e. The normalized spacial score (nSPS) is 33.3. The molecule has 3 N–H and O–H groups in total. The van der Waals surface area contributed by atoms with Gasteiger partial charge in [-0.05, 0) is 6.42 Å². The third-order valence-electron chi connectivity index (χ3n) is 2.50. The van der Waals surface area contributed by atoms with Crippen LogP contribution in [-0.2, 0) is 19.2 Å². The molecule has 0 bridgehead atoms. The van der Waals surface area contributed by atoms with Gasteiger partial charge in [0.1, 0.15) is 12.6 Å². The van der Waals surface area contributed by atoms with Crippen LogP contribution >= 0.6 is 0 Å². The fourth-order valence-electron chi connectivity index (χ4n) is 1.49. The van der Waals surface area contributed by atoms with E-state index >= 15 is 0 Å². The van der Waals surface area contributed by atoms with Crippen LogP contribution in [-0.4, -0.2) is 35.5 Å². The highest BCUT2D eigenvalue weighted by Crippen LogP contribution is 2.38. The molecular formula is C8H10N2O5. The molecule has 3 atom stereocenters. The summed E-state index contributed by atoms with van der Waals surface area (Å²) in [5.41, 5.74) is 2.10. The van der Waals surface area contributed by atoms with E-state index in [2.05, 4.69) is 15.6 Å². The van der Waals surface area contributed by atoms with Crippen molar-refractivity contribution >= 4 is 17.8 Å². The summed E-state index contributed by atoms with van der Waals surface area (Å²) in [6.45, 7) is 0.0784. The second kappa shape index (κ2) is 3.50. The lowest BCUT2D eigenvalue weighted by Gasteiger charge is -2.07. The first-order valence-electron chi connectivity index (χ1n) is 4.54. The SMILES string of the molecule is O=C1NOCC1NC(=O)[C@H]1C[C@H]1C(=O)O. The molecule has 1 unspecified atom stereocenters. The predicted octanol–water partition coefficient (Wildman–Crippen LogP) is -1.75. The van der Waals surface area contributed by atoms with E-state index in [-0.39, 0.29) is 6.61 Å². The number of aliphatic carboxylic acids is 1. The van der Waals surface area contributed by atoms with Crippen LogP contribution in [0.1, 0.15) is 6.42 Å². The second-order valence-corrected chi connectivity index (χ2v) is 3.63. The van der Waals surface area contributed by atoms with Crippen molar-refractivity contribution in [3.63, 3.8) is 0 Å². The predicted molar refractivity (Wildman–Crippen MR) is 45.3 cm³/mol. The van der Waals surface area contributed by atoms with Crippen LogP contribution < -0.4 is 10.8 Å². The molecule has 0 aromatic heterocycles. The van der Waals surface area contributed by atoms with E-state index in [1.54, 1.807) is 0 Å². The molecule has 7 nitrogen and oxygen atoms in total. The minimum atomic E-state index is -0.970. The number of rotatable bonds is 3. The lowest BCUT2D eigenvalue weighted by atomic mass is 10.2. The molecule has 2 rings (SSSR count). The van der Waals surface area contributed by atoms with E-state index in [4.69, 9.17) is 5.11 Å². The quantitative estimate of drug-likeness (QED) is 0.517. The highest BCUT2D eigenvalue weighted by molar-refractivity contribution is 5.93. The molecule has 1 aliphatic heterocycles. The molecule has 2 aliphatic rings. The van der Waals surface area contributed by atoms with Crippen LogP contribution in [0.5, 0.6) is 0 Å². The van der Waals surface area contributed by atoms with Crippen LogP contribution in [0, 0.1) is 11.8 Å². The number of carboxylic acid groups (broad SMARTS) is 1. The molecule has 1 aliphatic carbocycles. The van der Waals surface area contributed by atoms with E-state index in [9.17, 15) is 14.4 Å². The molecule has 0 radical (unpaired) electrons. The summed E-state index contributed by atoms with van der Waals surface area (Å²) in [6.07, 6.45) is 0.344. The minimum absolute atomic E-state index is 0.0784. The Balaban J connectivity index is 1.83. The first-order chi connectivity index (χ1) is 7.09. The maximum atomic E-state index is 11.4. The minimum Gasteiger partial charge on any atom is -0.481 e. The maximum absolute atomic E-state index is 11.4. The van der Waals surface area contributed by atoms with Crippen molar-refractivity contribution in [2.24, 2.45) is 11.8 Å². The van der Waals surface area contributed by atoms with Crippen LogP contribution in [0.4, 0.5) is 0 Å². The Hall–Kier alpha value is -1.63. The summed E-state index contributed by atoms with van der Waals surface area (Å²) in [4.78, 5) is 37.5. The van der Waals surface area contributed by atoms with E-state index < -0.39 is 35.7 Å². The Morgan fingerprint density at radius 1 is 1.47 bits per heavy atom. The van der Waals surface area contributed by atoms with Crippen molar-refractivity contribution in [3.8, 4) is 0 Å². The summed E-state index contributed by atoms with van der Waals surface area (Å²) < 4.78 is 0. The molecule has 2 amide bonds. The van der Waals surface area contributed by atoms with Gasteiger partial charge in [0.05, 0.1) is 11.8 Å². The zero-order chi connectivity index (χ0) is 11.0. The van der Waals surface area contributed by atoms with Crippen LogP contribution in [0.15, 0.2) is 0 Å². The summed E-state index contributed by atoms with van der Waals surface area (Å²) in [7, 11) is 0. The van der Waals surface area contributed by atoms with Gasteiger partial charge >= 0.3 is 5.97 Å². The largest absolute Gasteiger partial charge is 0.481 e. The molecule has 1 saturated heterocycles. The highest BCUT2D eigenvalue weighted by Gasteiger charge is 2.49. The average Bonchev–Trinajstić information content (AvgIpc) is 2.88. The molecule has 0 aromatic rings. The van der Waals surface area contributed by atoms with E-state index in [0.717, 1.165) is 0 Å². The standard InChI is InChI=1S/C8H10N2O5/c11-6(3-1-4(3)8(13)14)9-5-2-15-10-7(5)12/h3-5H,1-2H2,(H,9,11)(H,10,12)(H,13,14)/t3-,4+,5?/m0/s1. The maximum Gasteiger partial charge on any atom is 0.307 e. The molecule has 7 heteroatoms. The van der Waals surface area contributed by atoms with Gasteiger partial charge in [0, 0.05) is 0 Å². The topological polar surface area (TPSA) is 105 Å². The van der Waals surface area contributed by atoms with E-state index in [1.165, 1.54) is 0 Å². The van der Waals surface area contributed by atoms with Gasteiger partial charge in [-0.15, -0.1) is 0 Å². The lowest BCUT2D eigenvalue weighted by molar-refractivity contribution is -0.140. The Labute approximate surface area is 84.7 Å². The van der Waals surface area contributed by atoms with Crippen molar-refractivity contribution in [1.82, 2.24) is 10.8 Å². The molecule has 15 heavy (non-hydrogen) atoms. The molecular weight excluding hydrogens is 204 g/mol. The van der Waals surface area contributed by atoms with Gasteiger partial charge in [0.25, 0.3) is 5.91 Å². The Morgan fingerprint density at radius 2 is 2.20 bits per heavy atom. The van der Waals surface area contributed by atoms with Crippen molar-refractivity contribution in [3.05, 3.63) is 0 Å². The van der Waals surface area contributed by atoms with Crippen molar-refractivity contribution in [2.45, 2.75) is 12.5 Å². The van der Waals surface area contributed by atoms with Gasteiger partial charge in [-0.25, -0.2) is 5.48 Å². The van der Waals surface area contributed by atoms with Gasteiger partial charge in [-0.1, -0.05) is 0 Å². The first-order valence-corrected chi connectivity index (χ1v) is 4.54. The summed E-state index contributed by atoms with van der Waals surface area (Å²) >= 11 is 0. The second-order valence-electron chi connectivity index (χ2n) is 3.63. The molecule has 0 spiro atoms. The van der Waals surface area contributed by atoms with Crippen molar-refractivity contribution in [2.75, 3.05) is 6.61 Å². The number of hydrogen-bond acceptors (Lipinski definition) is 4. The average molecular weight is 214 g/mol. The summed E-state index contributed by atoms with van der Waals surface area (Å²) in [6, 6.07) is -0.701. The third kappa shape index (κ3) is 1.91. The molecule has 2 fully saturated rings. The number of hydroxylamine groups is 1. The van der Waals surface area contributed by atoms with Gasteiger partial charge in [-0.3, -0.25) is 19.2 Å². The molecule has 82 valence electrons. The van der Waals surface area contributed by atoms with Gasteiger partial charge in [0.2, 0.25) is 5.91 Å². The van der Waals surface area contributed by atoms with Gasteiger partial charge in [0.15, 0.2) is 0 Å². The number of amides is 2. The van der Waals surface area contributed by atoms with Crippen LogP contribution in [0.3, 0.4) is 0 Å². The van der Waals surface area contributed by atoms with Gasteiger partial charge < -0.3 is 10.4 Å². The number of carbonyl (C=O) groups is 3. The third-order valence-corrected chi connectivity index (χ3v) is 2.50. The zero-order valence-electron chi connectivity index (χ0n) is 7.73. The number of hydrogen-bond donors (Lipinski definition) is 3. The Bertz CT molecular complexity index is 329. The van der Waals surface area contributed by atoms with Crippen LogP contribution in [0.2, 0.25) is 0 Å². The number of carbonyl (C=O) groups excluding carboxylic acids is 2. The zero-order valence-corrected chi connectivity index (χ0v) is 7.73. The van der Waals surface area contributed by atoms with Crippen molar-refractivity contribution < 1.29 is 24.3 Å². The molecule has 1 heterocycles. The summed E-state index contributed by atoms with van der Waals surface area (Å²) in [5, 5.41) is 11.0. The van der Waals surface area contributed by atoms with Crippen molar-refractivity contribution in [1.29, 1.82) is 0 Å². The fraction of sp³-hybridized carbons (Fsp3) is 0.625. The number of nitrogens with one attached hydrogen (secondary N) is 2. The van der Waals surface area contributed by atoms with E-state index in [1.807, 2.05) is 0 Å². The monoisotopic (exact) mass is 214 g/mol.